The number of nitrogens with zero attached hydrogens (tertiary/aromatic N) is 4. The van der Waals surface area contributed by atoms with Crippen molar-refractivity contribution in [2.24, 2.45) is 0 Å². The number of hydrogen-bond donors (Lipinski definition) is 3. The number of anilines is 4. The van der Waals surface area contributed by atoms with Crippen molar-refractivity contribution in [3.05, 3.63) is 78.6 Å². The Balaban J connectivity index is 1.36. The van der Waals surface area contributed by atoms with Crippen molar-refractivity contribution < 1.29 is 9.53 Å². The molecule has 0 saturated carbocycles. The highest BCUT2D eigenvalue weighted by molar-refractivity contribution is 6.32. The van der Waals surface area contributed by atoms with Crippen LogP contribution in [-0.4, -0.2) is 32.7 Å². The van der Waals surface area contributed by atoms with E-state index in [0.29, 0.717) is 33.8 Å². The molecule has 0 unspecified atom stereocenters. The monoisotopic (exact) mass is 435 g/mol. The standard InChI is InChI=1S/C21H18ClN7O2/c1-31-18-7-6-16(10-17(18)22)28-21(30)27-15-4-2-14(3-5-15)26-19-11-20(25-12-24-19)29-9-8-23-13-29/h2-13H,1H3,(H,24,25,26)(H2,27,28,30). The van der Waals surface area contributed by atoms with Crippen LogP contribution in [0.2, 0.25) is 5.02 Å². The predicted octanol–water partition coefficient (Wildman–Crippen LogP) is 4.71. The van der Waals surface area contributed by atoms with E-state index in [-0.39, 0.29) is 6.03 Å². The lowest BCUT2D eigenvalue weighted by Gasteiger charge is -2.11. The van der Waals surface area contributed by atoms with Crippen molar-refractivity contribution in [2.45, 2.75) is 0 Å². The molecule has 156 valence electrons. The van der Waals surface area contributed by atoms with Gasteiger partial charge in [0.2, 0.25) is 0 Å². The number of ether oxygens (including phenoxy) is 1. The number of carbonyl (C=O) groups excluding carboxylic acids is 1. The number of nitrogens with one attached hydrogen (secondary N) is 3. The first kappa shape index (κ1) is 20.2. The number of methoxy groups -OCH3 is 1. The van der Waals surface area contributed by atoms with Gasteiger partial charge in [-0.3, -0.25) is 4.57 Å². The highest BCUT2D eigenvalue weighted by Crippen LogP contribution is 2.27. The minimum absolute atomic E-state index is 0.386. The molecule has 2 aromatic carbocycles. The fourth-order valence-electron chi connectivity index (χ4n) is 2.77. The number of urea groups is 1. The van der Waals surface area contributed by atoms with Crippen molar-refractivity contribution in [1.82, 2.24) is 19.5 Å². The van der Waals surface area contributed by atoms with Crippen LogP contribution in [0, 0.1) is 0 Å². The van der Waals surface area contributed by atoms with Crippen molar-refractivity contribution in [2.75, 3.05) is 23.1 Å². The molecular weight excluding hydrogens is 418 g/mol. The van der Waals surface area contributed by atoms with Crippen molar-refractivity contribution >= 4 is 40.5 Å². The SMILES string of the molecule is COc1ccc(NC(=O)Nc2ccc(Nc3cc(-n4ccnc4)ncn3)cc2)cc1Cl. The first-order valence-corrected chi connectivity index (χ1v) is 9.57. The van der Waals surface area contributed by atoms with Gasteiger partial charge in [-0.05, 0) is 42.5 Å². The van der Waals surface area contributed by atoms with Crippen LogP contribution < -0.4 is 20.7 Å². The largest absolute Gasteiger partial charge is 0.495 e. The summed E-state index contributed by atoms with van der Waals surface area (Å²) in [7, 11) is 1.53. The van der Waals surface area contributed by atoms with E-state index in [1.165, 1.54) is 13.4 Å². The molecule has 0 aliphatic rings. The lowest BCUT2D eigenvalue weighted by atomic mass is 10.2. The highest BCUT2D eigenvalue weighted by Gasteiger charge is 2.07. The maximum Gasteiger partial charge on any atom is 0.323 e. The summed E-state index contributed by atoms with van der Waals surface area (Å²) >= 11 is 6.08. The van der Waals surface area contributed by atoms with Gasteiger partial charge in [0, 0.05) is 35.5 Å². The van der Waals surface area contributed by atoms with Gasteiger partial charge in [0.1, 0.15) is 30.0 Å². The van der Waals surface area contributed by atoms with Gasteiger partial charge in [-0.2, -0.15) is 0 Å². The fourth-order valence-corrected chi connectivity index (χ4v) is 3.03. The van der Waals surface area contributed by atoms with Crippen LogP contribution in [0.5, 0.6) is 5.75 Å². The summed E-state index contributed by atoms with van der Waals surface area (Å²) in [5, 5.41) is 9.11. The fraction of sp³-hybridized carbons (Fsp3) is 0.0476. The van der Waals surface area contributed by atoms with Gasteiger partial charge < -0.3 is 20.7 Å². The number of carbonyl (C=O) groups is 1. The molecule has 0 bridgehead atoms. The first-order valence-electron chi connectivity index (χ1n) is 9.20. The van der Waals surface area contributed by atoms with Crippen LogP contribution >= 0.6 is 11.6 Å². The number of rotatable bonds is 6. The molecular formula is C21H18ClN7O2. The molecule has 0 atom stereocenters. The maximum absolute atomic E-state index is 12.2. The Labute approximate surface area is 183 Å². The Morgan fingerprint density at radius 2 is 1.74 bits per heavy atom. The maximum atomic E-state index is 12.2. The quantitative estimate of drug-likeness (QED) is 0.405. The minimum Gasteiger partial charge on any atom is -0.495 e. The molecule has 0 radical (unpaired) electrons. The van der Waals surface area contributed by atoms with Gasteiger partial charge in [0.05, 0.1) is 12.1 Å². The molecule has 4 rings (SSSR count). The van der Waals surface area contributed by atoms with Crippen molar-refractivity contribution in [1.29, 1.82) is 0 Å². The van der Waals surface area contributed by atoms with Gasteiger partial charge >= 0.3 is 6.03 Å². The van der Waals surface area contributed by atoms with Crippen LogP contribution in [-0.2, 0) is 0 Å². The average molecular weight is 436 g/mol. The van der Waals surface area contributed by atoms with Gasteiger partial charge in [0.15, 0.2) is 0 Å². The molecule has 0 saturated heterocycles. The molecule has 3 N–H and O–H groups in total. The lowest BCUT2D eigenvalue weighted by molar-refractivity contribution is 0.262. The molecule has 0 fully saturated rings. The highest BCUT2D eigenvalue weighted by atomic mass is 35.5. The summed E-state index contributed by atoms with van der Waals surface area (Å²) in [6, 6.07) is 13.6. The molecule has 0 aliphatic carbocycles. The summed E-state index contributed by atoms with van der Waals surface area (Å²) in [6.07, 6.45) is 6.62. The average Bonchev–Trinajstić information content (AvgIpc) is 3.31. The third-order valence-corrected chi connectivity index (χ3v) is 4.54. The zero-order valence-corrected chi connectivity index (χ0v) is 17.2. The second-order valence-corrected chi connectivity index (χ2v) is 6.77. The van der Waals surface area contributed by atoms with Crippen molar-refractivity contribution in [3.8, 4) is 11.6 Å². The summed E-state index contributed by atoms with van der Waals surface area (Å²) in [4.78, 5) is 24.7. The molecule has 10 heteroatoms. The minimum atomic E-state index is -0.386. The van der Waals surface area contributed by atoms with E-state index in [1.54, 1.807) is 59.7 Å². The topological polar surface area (TPSA) is 106 Å². The number of aromatic nitrogens is 4. The molecule has 2 aromatic heterocycles. The number of amides is 2. The van der Waals surface area contributed by atoms with Crippen LogP contribution in [0.1, 0.15) is 0 Å². The van der Waals surface area contributed by atoms with Crippen LogP contribution in [0.15, 0.2) is 73.6 Å². The summed E-state index contributed by atoms with van der Waals surface area (Å²) in [6.45, 7) is 0. The van der Waals surface area contributed by atoms with Gasteiger partial charge in [-0.15, -0.1) is 0 Å². The normalized spacial score (nSPS) is 10.4. The first-order chi connectivity index (χ1) is 15.1. The van der Waals surface area contributed by atoms with Crippen molar-refractivity contribution in [3.63, 3.8) is 0 Å². The predicted molar refractivity (Wildman–Crippen MR) is 120 cm³/mol. The summed E-state index contributed by atoms with van der Waals surface area (Å²) in [5.41, 5.74) is 1.99. The molecule has 0 spiro atoms. The Kier molecular flexibility index (Phi) is 5.95. The number of halogens is 1. The van der Waals surface area contributed by atoms with Crippen LogP contribution in [0.3, 0.4) is 0 Å². The van der Waals surface area contributed by atoms with E-state index < -0.39 is 0 Å². The van der Waals surface area contributed by atoms with Gasteiger partial charge in [0.25, 0.3) is 0 Å². The molecule has 4 aromatic rings. The van der Waals surface area contributed by atoms with E-state index in [9.17, 15) is 4.79 Å². The molecule has 2 heterocycles. The van der Waals surface area contributed by atoms with E-state index in [1.807, 2.05) is 12.1 Å². The number of imidazole rings is 1. The third kappa shape index (κ3) is 5.09. The van der Waals surface area contributed by atoms with Gasteiger partial charge in [-0.25, -0.2) is 19.7 Å². The Morgan fingerprint density at radius 3 is 2.45 bits per heavy atom. The molecule has 0 aliphatic heterocycles. The molecule has 31 heavy (non-hydrogen) atoms. The summed E-state index contributed by atoms with van der Waals surface area (Å²) < 4.78 is 6.89. The van der Waals surface area contributed by atoms with Crippen LogP contribution in [0.4, 0.5) is 27.7 Å². The van der Waals surface area contributed by atoms with E-state index in [2.05, 4.69) is 30.9 Å². The Morgan fingerprint density at radius 1 is 1.00 bits per heavy atom. The summed E-state index contributed by atoms with van der Waals surface area (Å²) in [5.74, 6) is 1.87. The number of benzene rings is 2. The number of hydrogen-bond acceptors (Lipinski definition) is 6. The van der Waals surface area contributed by atoms with Gasteiger partial charge in [-0.1, -0.05) is 11.6 Å². The second kappa shape index (κ2) is 9.14. The van der Waals surface area contributed by atoms with Crippen LogP contribution in [0.25, 0.3) is 5.82 Å². The zero-order chi connectivity index (χ0) is 21.6. The van der Waals surface area contributed by atoms with E-state index >= 15 is 0 Å². The zero-order valence-electron chi connectivity index (χ0n) is 16.4. The van der Waals surface area contributed by atoms with E-state index in [0.717, 1.165) is 5.69 Å². The van der Waals surface area contributed by atoms with E-state index in [4.69, 9.17) is 16.3 Å². The molecule has 2 amide bonds. The lowest BCUT2D eigenvalue weighted by Crippen LogP contribution is -2.19. The Hall–Kier alpha value is -4.11. The molecule has 9 nitrogen and oxygen atoms in total. The third-order valence-electron chi connectivity index (χ3n) is 4.25. The smallest absolute Gasteiger partial charge is 0.323 e. The Bertz CT molecular complexity index is 1180. The second-order valence-electron chi connectivity index (χ2n) is 6.36.